The molecule has 0 unspecified atom stereocenters. The molecule has 0 spiro atoms. The van der Waals surface area contributed by atoms with Crippen molar-refractivity contribution in [3.8, 4) is 5.75 Å². The third-order valence-corrected chi connectivity index (χ3v) is 4.19. The van der Waals surface area contributed by atoms with Crippen molar-refractivity contribution in [1.82, 2.24) is 10.6 Å². The second-order valence-corrected chi connectivity index (χ2v) is 6.44. The Morgan fingerprint density at radius 1 is 1.43 bits per heavy atom. The van der Waals surface area contributed by atoms with Gasteiger partial charge < -0.3 is 15.4 Å². The van der Waals surface area contributed by atoms with Gasteiger partial charge in [-0.15, -0.1) is 0 Å². The van der Waals surface area contributed by atoms with Crippen molar-refractivity contribution in [2.24, 2.45) is 0 Å². The normalized spacial score (nSPS) is 15.7. The van der Waals surface area contributed by atoms with Gasteiger partial charge in [-0.25, -0.2) is 0 Å². The van der Waals surface area contributed by atoms with Crippen molar-refractivity contribution in [1.29, 1.82) is 0 Å². The molecule has 1 aromatic rings. The molecule has 0 saturated carbocycles. The van der Waals surface area contributed by atoms with E-state index >= 15 is 0 Å². The molecule has 0 aliphatic carbocycles. The third kappa shape index (κ3) is 5.85. The summed E-state index contributed by atoms with van der Waals surface area (Å²) in [5.41, 5.74) is 0. The SMILES string of the molecule is O=C(CCCOc1ccc(Br)cc1Cl)NC1CCNCC1. The van der Waals surface area contributed by atoms with Crippen LogP contribution >= 0.6 is 27.5 Å². The zero-order valence-corrected chi connectivity index (χ0v) is 14.2. The summed E-state index contributed by atoms with van der Waals surface area (Å²) < 4.78 is 6.51. The van der Waals surface area contributed by atoms with E-state index in [1.54, 1.807) is 6.07 Å². The summed E-state index contributed by atoms with van der Waals surface area (Å²) in [6.07, 6.45) is 3.19. The summed E-state index contributed by atoms with van der Waals surface area (Å²) >= 11 is 9.41. The van der Waals surface area contributed by atoms with Crippen LogP contribution < -0.4 is 15.4 Å². The highest BCUT2D eigenvalue weighted by Gasteiger charge is 2.14. The fraction of sp³-hybridized carbons (Fsp3) is 0.533. The van der Waals surface area contributed by atoms with Gasteiger partial charge in [0, 0.05) is 16.9 Å². The lowest BCUT2D eigenvalue weighted by Crippen LogP contribution is -2.42. The molecule has 1 fully saturated rings. The molecule has 0 atom stereocenters. The number of nitrogens with one attached hydrogen (secondary N) is 2. The molecule has 0 bridgehead atoms. The smallest absolute Gasteiger partial charge is 0.220 e. The maximum atomic E-state index is 11.8. The Kier molecular flexibility index (Phi) is 6.80. The van der Waals surface area contributed by atoms with Gasteiger partial charge in [0.05, 0.1) is 11.6 Å². The number of benzene rings is 1. The minimum atomic E-state index is 0.104. The lowest BCUT2D eigenvalue weighted by molar-refractivity contribution is -0.122. The Hall–Kier alpha value is -0.780. The Morgan fingerprint density at radius 3 is 2.90 bits per heavy atom. The predicted molar refractivity (Wildman–Crippen MR) is 87.9 cm³/mol. The quantitative estimate of drug-likeness (QED) is 0.751. The van der Waals surface area contributed by atoms with Crippen LogP contribution in [0.5, 0.6) is 5.75 Å². The number of carbonyl (C=O) groups is 1. The number of halogens is 2. The number of piperidine rings is 1. The Labute approximate surface area is 138 Å². The second-order valence-electron chi connectivity index (χ2n) is 5.12. The fourth-order valence-electron chi connectivity index (χ4n) is 2.27. The van der Waals surface area contributed by atoms with Gasteiger partial charge in [-0.1, -0.05) is 27.5 Å². The summed E-state index contributed by atoms with van der Waals surface area (Å²) in [4.78, 5) is 11.8. The average molecular weight is 376 g/mol. The molecule has 1 saturated heterocycles. The van der Waals surface area contributed by atoms with Crippen LogP contribution in [-0.2, 0) is 4.79 Å². The van der Waals surface area contributed by atoms with Crippen molar-refractivity contribution >= 4 is 33.4 Å². The van der Waals surface area contributed by atoms with Crippen molar-refractivity contribution in [3.63, 3.8) is 0 Å². The van der Waals surface area contributed by atoms with Gasteiger partial charge in [0.25, 0.3) is 0 Å². The Bertz CT molecular complexity index is 479. The number of ether oxygens (including phenoxy) is 1. The fourth-order valence-corrected chi connectivity index (χ4v) is 3.00. The number of rotatable bonds is 6. The molecule has 6 heteroatoms. The molecular weight excluding hydrogens is 356 g/mol. The van der Waals surface area contributed by atoms with Crippen molar-refractivity contribution in [2.45, 2.75) is 31.7 Å². The van der Waals surface area contributed by atoms with E-state index in [9.17, 15) is 4.79 Å². The van der Waals surface area contributed by atoms with Crippen molar-refractivity contribution in [3.05, 3.63) is 27.7 Å². The number of carbonyl (C=O) groups excluding carboxylic acids is 1. The first-order valence-electron chi connectivity index (χ1n) is 7.23. The van der Waals surface area contributed by atoms with E-state index in [0.29, 0.717) is 36.3 Å². The van der Waals surface area contributed by atoms with Crippen LogP contribution in [0, 0.1) is 0 Å². The Morgan fingerprint density at radius 2 is 2.19 bits per heavy atom. The van der Waals surface area contributed by atoms with Crippen LogP contribution in [-0.4, -0.2) is 31.6 Å². The maximum Gasteiger partial charge on any atom is 0.220 e. The molecule has 116 valence electrons. The summed E-state index contributed by atoms with van der Waals surface area (Å²) in [7, 11) is 0. The minimum Gasteiger partial charge on any atom is -0.492 e. The molecule has 1 heterocycles. The van der Waals surface area contributed by atoms with Crippen LogP contribution in [0.4, 0.5) is 0 Å². The molecule has 0 radical (unpaired) electrons. The second kappa shape index (κ2) is 8.61. The number of hydrogen-bond donors (Lipinski definition) is 2. The number of amides is 1. The van der Waals surface area contributed by atoms with Crippen LogP contribution in [0.2, 0.25) is 5.02 Å². The first-order valence-corrected chi connectivity index (χ1v) is 8.40. The monoisotopic (exact) mass is 374 g/mol. The molecule has 4 nitrogen and oxygen atoms in total. The average Bonchev–Trinajstić information content (AvgIpc) is 2.46. The lowest BCUT2D eigenvalue weighted by atomic mass is 10.1. The van der Waals surface area contributed by atoms with Gasteiger partial charge in [0.2, 0.25) is 5.91 Å². The van der Waals surface area contributed by atoms with Gasteiger partial charge in [-0.3, -0.25) is 4.79 Å². The standard InChI is InChI=1S/C15H20BrClN2O2/c16-11-3-4-14(13(17)10-11)21-9-1-2-15(20)19-12-5-7-18-8-6-12/h3-4,10,12,18H,1-2,5-9H2,(H,19,20). The van der Waals surface area contributed by atoms with Gasteiger partial charge in [-0.2, -0.15) is 0 Å². The van der Waals surface area contributed by atoms with E-state index in [1.807, 2.05) is 12.1 Å². The molecular formula is C15H20BrClN2O2. The van der Waals surface area contributed by atoms with Gasteiger partial charge in [0.1, 0.15) is 5.75 Å². The van der Waals surface area contributed by atoms with Gasteiger partial charge >= 0.3 is 0 Å². The van der Waals surface area contributed by atoms with Gasteiger partial charge in [0.15, 0.2) is 0 Å². The summed E-state index contributed by atoms with van der Waals surface area (Å²) in [5, 5.41) is 6.92. The lowest BCUT2D eigenvalue weighted by Gasteiger charge is -2.23. The molecule has 2 rings (SSSR count). The molecule has 1 amide bonds. The van der Waals surface area contributed by atoms with Crippen LogP contribution in [0.15, 0.2) is 22.7 Å². The van der Waals surface area contributed by atoms with Gasteiger partial charge in [-0.05, 0) is 50.6 Å². The van der Waals surface area contributed by atoms with Crippen LogP contribution in [0.25, 0.3) is 0 Å². The molecule has 2 N–H and O–H groups in total. The largest absolute Gasteiger partial charge is 0.492 e. The zero-order valence-electron chi connectivity index (χ0n) is 11.8. The summed E-state index contributed by atoms with van der Waals surface area (Å²) in [5.74, 6) is 0.756. The maximum absolute atomic E-state index is 11.8. The third-order valence-electron chi connectivity index (χ3n) is 3.40. The van der Waals surface area contributed by atoms with Crippen LogP contribution in [0.1, 0.15) is 25.7 Å². The van der Waals surface area contributed by atoms with Crippen molar-refractivity contribution in [2.75, 3.05) is 19.7 Å². The first-order chi connectivity index (χ1) is 10.1. The van der Waals surface area contributed by atoms with Crippen molar-refractivity contribution < 1.29 is 9.53 Å². The molecule has 1 aliphatic rings. The molecule has 21 heavy (non-hydrogen) atoms. The summed E-state index contributed by atoms with van der Waals surface area (Å²) in [6.45, 7) is 2.45. The zero-order chi connectivity index (χ0) is 15.1. The highest BCUT2D eigenvalue weighted by Crippen LogP contribution is 2.27. The Balaban J connectivity index is 1.63. The van der Waals surface area contributed by atoms with E-state index in [0.717, 1.165) is 30.4 Å². The van der Waals surface area contributed by atoms with E-state index in [-0.39, 0.29) is 5.91 Å². The van der Waals surface area contributed by atoms with E-state index in [4.69, 9.17) is 16.3 Å². The predicted octanol–water partition coefficient (Wildman–Crippen LogP) is 3.13. The van der Waals surface area contributed by atoms with Crippen LogP contribution in [0.3, 0.4) is 0 Å². The molecule has 0 aromatic heterocycles. The van der Waals surface area contributed by atoms with E-state index in [1.165, 1.54) is 0 Å². The first kappa shape index (κ1) is 16.6. The van der Waals surface area contributed by atoms with E-state index in [2.05, 4.69) is 26.6 Å². The summed E-state index contributed by atoms with van der Waals surface area (Å²) in [6, 6.07) is 5.81. The molecule has 1 aromatic carbocycles. The molecule has 1 aliphatic heterocycles. The van der Waals surface area contributed by atoms with E-state index < -0.39 is 0 Å². The topological polar surface area (TPSA) is 50.4 Å². The highest BCUT2D eigenvalue weighted by atomic mass is 79.9. The number of hydrogen-bond acceptors (Lipinski definition) is 3. The minimum absolute atomic E-state index is 0.104. The highest BCUT2D eigenvalue weighted by molar-refractivity contribution is 9.10.